The predicted octanol–water partition coefficient (Wildman–Crippen LogP) is 5.29. The third kappa shape index (κ3) is 6.81. The van der Waals surface area contributed by atoms with Gasteiger partial charge in [-0.05, 0) is 37.5 Å². The molecule has 1 N–H and O–H groups in total. The van der Waals surface area contributed by atoms with Crippen LogP contribution in [0.15, 0.2) is 12.5 Å². The van der Waals surface area contributed by atoms with Crippen LogP contribution in [0, 0.1) is 11.8 Å². The smallest absolute Gasteiger partial charge is 0.239 e. The number of imidazole rings is 1. The Morgan fingerprint density at radius 3 is 2.26 bits per heavy atom. The molecular weight excluding hydrogens is 384 g/mol. The largest absolute Gasteiger partial charge is 0.341 e. The minimum absolute atomic E-state index is 0.0142. The molecule has 174 valence electrons. The van der Waals surface area contributed by atoms with Crippen molar-refractivity contribution in [1.29, 1.82) is 0 Å². The molecule has 0 radical (unpaired) electrons. The lowest BCUT2D eigenvalue weighted by molar-refractivity contribution is -0.129. The lowest BCUT2D eigenvalue weighted by atomic mass is 9.87. The minimum Gasteiger partial charge on any atom is -0.341 e. The molecule has 1 atom stereocenters. The number of hydrogen-bond acceptors (Lipinski definition) is 3. The normalized spacial score (nSPS) is 24.8. The molecule has 2 aliphatic carbocycles. The molecule has 31 heavy (non-hydrogen) atoms. The Balaban J connectivity index is 1.22. The molecular formula is C26H44N4O. The number of likely N-dealkylation sites (tertiary alicyclic amines) is 1. The van der Waals surface area contributed by atoms with E-state index < -0.39 is 0 Å². The Bertz CT molecular complexity index is 656. The van der Waals surface area contributed by atoms with Gasteiger partial charge in [0, 0.05) is 32.4 Å². The standard InChI is InChI=1S/C26H44N4O/c31-26-25(15-17-29(26)16-14-22-10-8-5-9-11-22)28-19-24-18-27-21-30(24)20-23-12-6-3-1-2-4-7-13-23/h18,21-23,25,28H,1-17,19-20H2/t25-/m1/s1. The zero-order valence-electron chi connectivity index (χ0n) is 19.6. The summed E-state index contributed by atoms with van der Waals surface area (Å²) >= 11 is 0. The Hall–Kier alpha value is -1.36. The van der Waals surface area contributed by atoms with E-state index in [0.29, 0.717) is 5.91 Å². The maximum Gasteiger partial charge on any atom is 0.239 e. The number of hydrogen-bond donors (Lipinski definition) is 1. The molecule has 1 aliphatic heterocycles. The van der Waals surface area contributed by atoms with Crippen molar-refractivity contribution in [1.82, 2.24) is 19.8 Å². The maximum absolute atomic E-state index is 12.9. The molecule has 0 bridgehead atoms. The van der Waals surface area contributed by atoms with E-state index in [2.05, 4.69) is 19.8 Å². The SMILES string of the molecule is O=C1[C@H](NCc2cncn2CC2CCCCCCCC2)CCN1CCC1CCCCC1. The molecule has 0 spiro atoms. The van der Waals surface area contributed by atoms with Crippen LogP contribution in [0.4, 0.5) is 0 Å². The first-order valence-corrected chi connectivity index (χ1v) is 13.3. The van der Waals surface area contributed by atoms with Crippen LogP contribution >= 0.6 is 0 Å². The van der Waals surface area contributed by atoms with Crippen LogP contribution in [0.25, 0.3) is 0 Å². The van der Waals surface area contributed by atoms with Gasteiger partial charge in [-0.2, -0.15) is 0 Å². The molecule has 4 rings (SSSR count). The van der Waals surface area contributed by atoms with Crippen LogP contribution in [-0.4, -0.2) is 39.5 Å². The summed E-state index contributed by atoms with van der Waals surface area (Å²) in [4.78, 5) is 19.4. The molecule has 1 aromatic rings. The van der Waals surface area contributed by atoms with Crippen molar-refractivity contribution in [3.05, 3.63) is 18.2 Å². The van der Waals surface area contributed by atoms with Gasteiger partial charge in [0.05, 0.1) is 18.1 Å². The zero-order chi connectivity index (χ0) is 21.3. The highest BCUT2D eigenvalue weighted by Gasteiger charge is 2.31. The number of amides is 1. The summed E-state index contributed by atoms with van der Waals surface area (Å²) in [5.74, 6) is 1.94. The summed E-state index contributed by atoms with van der Waals surface area (Å²) in [6, 6.07) is -0.0142. The van der Waals surface area contributed by atoms with E-state index in [4.69, 9.17) is 0 Å². The van der Waals surface area contributed by atoms with Crippen LogP contribution in [0.5, 0.6) is 0 Å². The topological polar surface area (TPSA) is 50.2 Å². The highest BCUT2D eigenvalue weighted by Crippen LogP contribution is 2.27. The third-order valence-corrected chi connectivity index (χ3v) is 8.09. The molecule has 3 fully saturated rings. The summed E-state index contributed by atoms with van der Waals surface area (Å²) < 4.78 is 2.34. The fraction of sp³-hybridized carbons (Fsp3) is 0.846. The summed E-state index contributed by atoms with van der Waals surface area (Å²) in [5, 5.41) is 3.56. The Labute approximate surface area is 189 Å². The molecule has 1 saturated heterocycles. The zero-order valence-corrected chi connectivity index (χ0v) is 19.6. The molecule has 3 aliphatic rings. The molecule has 2 heterocycles. The first-order valence-electron chi connectivity index (χ1n) is 13.3. The van der Waals surface area contributed by atoms with E-state index in [1.807, 2.05) is 12.5 Å². The van der Waals surface area contributed by atoms with Gasteiger partial charge < -0.3 is 14.8 Å². The quantitative estimate of drug-likeness (QED) is 0.612. The van der Waals surface area contributed by atoms with Gasteiger partial charge in [-0.15, -0.1) is 0 Å². The monoisotopic (exact) mass is 428 g/mol. The van der Waals surface area contributed by atoms with Gasteiger partial charge in [0.25, 0.3) is 0 Å². The van der Waals surface area contributed by atoms with Gasteiger partial charge in [0.2, 0.25) is 5.91 Å². The van der Waals surface area contributed by atoms with Crippen molar-refractivity contribution in [2.45, 2.75) is 115 Å². The summed E-state index contributed by atoms with van der Waals surface area (Å²) in [7, 11) is 0. The van der Waals surface area contributed by atoms with Crippen LogP contribution in [0.1, 0.15) is 102 Å². The minimum atomic E-state index is -0.0142. The lowest BCUT2D eigenvalue weighted by Gasteiger charge is -2.24. The van der Waals surface area contributed by atoms with E-state index >= 15 is 0 Å². The first-order chi connectivity index (χ1) is 15.3. The number of aromatic nitrogens is 2. The fourth-order valence-electron chi connectivity index (χ4n) is 6.03. The number of carbonyl (C=O) groups is 1. The molecule has 1 aromatic heterocycles. The molecule has 5 nitrogen and oxygen atoms in total. The number of nitrogens with zero attached hydrogens (tertiary/aromatic N) is 3. The van der Waals surface area contributed by atoms with Gasteiger partial charge in [0.1, 0.15) is 0 Å². The first kappa shape index (κ1) is 22.8. The lowest BCUT2D eigenvalue weighted by Crippen LogP contribution is -2.39. The highest BCUT2D eigenvalue weighted by molar-refractivity contribution is 5.83. The van der Waals surface area contributed by atoms with Gasteiger partial charge in [-0.25, -0.2) is 4.98 Å². The van der Waals surface area contributed by atoms with E-state index in [-0.39, 0.29) is 6.04 Å². The summed E-state index contributed by atoms with van der Waals surface area (Å²) in [6.07, 6.45) is 24.1. The summed E-state index contributed by atoms with van der Waals surface area (Å²) in [5.41, 5.74) is 1.23. The summed E-state index contributed by atoms with van der Waals surface area (Å²) in [6.45, 7) is 3.72. The predicted molar refractivity (Wildman–Crippen MR) is 126 cm³/mol. The average Bonchev–Trinajstić information content (AvgIpc) is 3.41. The van der Waals surface area contributed by atoms with E-state index in [0.717, 1.165) is 44.4 Å². The second-order valence-corrected chi connectivity index (χ2v) is 10.4. The molecule has 0 aromatic carbocycles. The van der Waals surface area contributed by atoms with Crippen molar-refractivity contribution in [2.24, 2.45) is 11.8 Å². The van der Waals surface area contributed by atoms with Crippen LogP contribution in [0.2, 0.25) is 0 Å². The fourth-order valence-corrected chi connectivity index (χ4v) is 6.03. The van der Waals surface area contributed by atoms with Crippen molar-refractivity contribution in [3.8, 4) is 0 Å². The van der Waals surface area contributed by atoms with Gasteiger partial charge >= 0.3 is 0 Å². The van der Waals surface area contributed by atoms with E-state index in [1.54, 1.807) is 0 Å². The van der Waals surface area contributed by atoms with Crippen molar-refractivity contribution in [3.63, 3.8) is 0 Å². The Morgan fingerprint density at radius 2 is 1.52 bits per heavy atom. The average molecular weight is 429 g/mol. The van der Waals surface area contributed by atoms with Crippen molar-refractivity contribution in [2.75, 3.05) is 13.1 Å². The molecule has 0 unspecified atom stereocenters. The van der Waals surface area contributed by atoms with E-state index in [1.165, 1.54) is 95.6 Å². The Kier molecular flexibility index (Phi) is 8.86. The number of carbonyl (C=O) groups excluding carboxylic acids is 1. The number of nitrogens with one attached hydrogen (secondary N) is 1. The Morgan fingerprint density at radius 1 is 0.871 bits per heavy atom. The van der Waals surface area contributed by atoms with Crippen LogP contribution in [-0.2, 0) is 17.9 Å². The van der Waals surface area contributed by atoms with Crippen molar-refractivity contribution >= 4 is 5.91 Å². The second-order valence-electron chi connectivity index (χ2n) is 10.4. The third-order valence-electron chi connectivity index (χ3n) is 8.09. The van der Waals surface area contributed by atoms with Crippen LogP contribution < -0.4 is 5.32 Å². The molecule has 5 heteroatoms. The highest BCUT2D eigenvalue weighted by atomic mass is 16.2. The maximum atomic E-state index is 12.9. The molecule has 1 amide bonds. The van der Waals surface area contributed by atoms with E-state index in [9.17, 15) is 4.79 Å². The van der Waals surface area contributed by atoms with Gasteiger partial charge in [-0.1, -0.05) is 70.6 Å². The van der Waals surface area contributed by atoms with Gasteiger partial charge in [-0.3, -0.25) is 4.79 Å². The van der Waals surface area contributed by atoms with Crippen molar-refractivity contribution < 1.29 is 4.79 Å². The van der Waals surface area contributed by atoms with Gasteiger partial charge in [0.15, 0.2) is 0 Å². The molecule has 2 saturated carbocycles. The number of rotatable bonds is 8. The second kappa shape index (κ2) is 12.0. The van der Waals surface area contributed by atoms with Crippen LogP contribution in [0.3, 0.4) is 0 Å².